The van der Waals surface area contributed by atoms with Crippen LogP contribution < -0.4 is 10.6 Å². The molecule has 2 N–H and O–H groups in total. The van der Waals surface area contributed by atoms with Crippen molar-refractivity contribution >= 4 is 18.3 Å². The molecule has 0 aromatic heterocycles. The number of carbonyl (C=O) groups excluding carboxylic acids is 1. The molecule has 1 atom stereocenters. The minimum Gasteiger partial charge on any atom is -0.356 e. The second-order valence-electron chi connectivity index (χ2n) is 4.92. The van der Waals surface area contributed by atoms with Crippen molar-refractivity contribution in [2.45, 2.75) is 38.5 Å². The van der Waals surface area contributed by atoms with Gasteiger partial charge in [0.2, 0.25) is 5.91 Å². The number of rotatable bonds is 4. The van der Waals surface area contributed by atoms with E-state index in [0.717, 1.165) is 38.3 Å². The Kier molecular flexibility index (Phi) is 6.14. The molecule has 4 heteroatoms. The third kappa shape index (κ3) is 3.95. The highest BCUT2D eigenvalue weighted by Crippen LogP contribution is 2.26. The third-order valence-electron chi connectivity index (χ3n) is 3.73. The van der Waals surface area contributed by atoms with Crippen LogP contribution in [0.4, 0.5) is 0 Å². The monoisotopic (exact) mass is 246 g/mol. The van der Waals surface area contributed by atoms with E-state index < -0.39 is 0 Å². The Morgan fingerprint density at radius 3 is 2.62 bits per heavy atom. The Morgan fingerprint density at radius 1 is 1.25 bits per heavy atom. The van der Waals surface area contributed by atoms with Crippen LogP contribution in [0, 0.1) is 11.8 Å². The topological polar surface area (TPSA) is 41.1 Å². The average Bonchev–Trinajstić information content (AvgIpc) is 2.16. The predicted molar refractivity (Wildman–Crippen MR) is 67.8 cm³/mol. The van der Waals surface area contributed by atoms with Crippen LogP contribution in [0.1, 0.15) is 38.5 Å². The minimum absolute atomic E-state index is 0. The van der Waals surface area contributed by atoms with Gasteiger partial charge in [-0.15, -0.1) is 12.4 Å². The van der Waals surface area contributed by atoms with Gasteiger partial charge in [0.1, 0.15) is 0 Å². The standard InChI is InChI=1S/C12H22N2O.ClH/c15-12(11-4-1-5-11)14-8-6-10-3-2-7-13-9-10;/h10-11,13H,1-9H2,(H,14,15);1H. The van der Waals surface area contributed by atoms with Crippen molar-refractivity contribution < 1.29 is 4.79 Å². The quantitative estimate of drug-likeness (QED) is 0.793. The maximum Gasteiger partial charge on any atom is 0.223 e. The van der Waals surface area contributed by atoms with Gasteiger partial charge in [0.15, 0.2) is 0 Å². The molecule has 0 spiro atoms. The van der Waals surface area contributed by atoms with Gasteiger partial charge in [-0.25, -0.2) is 0 Å². The Labute approximate surface area is 104 Å². The summed E-state index contributed by atoms with van der Waals surface area (Å²) in [5.74, 6) is 1.42. The Morgan fingerprint density at radius 2 is 2.06 bits per heavy atom. The summed E-state index contributed by atoms with van der Waals surface area (Å²) >= 11 is 0. The molecule has 1 aliphatic heterocycles. The summed E-state index contributed by atoms with van der Waals surface area (Å²) in [7, 11) is 0. The van der Waals surface area contributed by atoms with Crippen molar-refractivity contribution in [3.8, 4) is 0 Å². The van der Waals surface area contributed by atoms with Crippen molar-refractivity contribution in [2.24, 2.45) is 11.8 Å². The molecule has 0 radical (unpaired) electrons. The Bertz CT molecular complexity index is 213. The second kappa shape index (κ2) is 7.13. The molecule has 16 heavy (non-hydrogen) atoms. The maximum absolute atomic E-state index is 11.5. The first-order valence-electron chi connectivity index (χ1n) is 6.34. The van der Waals surface area contributed by atoms with Crippen molar-refractivity contribution in [1.82, 2.24) is 10.6 Å². The van der Waals surface area contributed by atoms with E-state index in [1.165, 1.54) is 25.8 Å². The first kappa shape index (κ1) is 13.8. The van der Waals surface area contributed by atoms with E-state index in [4.69, 9.17) is 0 Å². The van der Waals surface area contributed by atoms with Crippen LogP contribution in [-0.2, 0) is 4.79 Å². The summed E-state index contributed by atoms with van der Waals surface area (Å²) in [6, 6.07) is 0. The normalized spacial score (nSPS) is 25.4. The van der Waals surface area contributed by atoms with Crippen LogP contribution in [0.5, 0.6) is 0 Å². The molecule has 1 saturated carbocycles. The largest absolute Gasteiger partial charge is 0.356 e. The smallest absolute Gasteiger partial charge is 0.223 e. The fraction of sp³-hybridized carbons (Fsp3) is 0.917. The molecule has 2 aliphatic rings. The van der Waals surface area contributed by atoms with Gasteiger partial charge in [-0.3, -0.25) is 4.79 Å². The summed E-state index contributed by atoms with van der Waals surface area (Å²) in [4.78, 5) is 11.5. The van der Waals surface area contributed by atoms with E-state index in [9.17, 15) is 4.79 Å². The molecular weight excluding hydrogens is 224 g/mol. The van der Waals surface area contributed by atoms with Crippen LogP contribution in [0.25, 0.3) is 0 Å². The first-order valence-corrected chi connectivity index (χ1v) is 6.34. The van der Waals surface area contributed by atoms with Crippen LogP contribution in [0.2, 0.25) is 0 Å². The molecule has 0 aromatic rings. The number of hydrogen-bond donors (Lipinski definition) is 2. The van der Waals surface area contributed by atoms with Gasteiger partial charge in [-0.2, -0.15) is 0 Å². The van der Waals surface area contributed by atoms with Crippen molar-refractivity contribution in [2.75, 3.05) is 19.6 Å². The highest BCUT2D eigenvalue weighted by atomic mass is 35.5. The first-order chi connectivity index (χ1) is 7.36. The SMILES string of the molecule is Cl.O=C(NCCC1CCCNC1)C1CCC1. The Hall–Kier alpha value is -0.280. The molecule has 1 heterocycles. The van der Waals surface area contributed by atoms with Crippen molar-refractivity contribution in [3.63, 3.8) is 0 Å². The number of amides is 1. The lowest BCUT2D eigenvalue weighted by Gasteiger charge is -2.26. The summed E-state index contributed by atoms with van der Waals surface area (Å²) in [5.41, 5.74) is 0. The van der Waals surface area contributed by atoms with Gasteiger partial charge in [0.05, 0.1) is 0 Å². The van der Waals surface area contributed by atoms with E-state index in [2.05, 4.69) is 10.6 Å². The van der Waals surface area contributed by atoms with E-state index in [1.54, 1.807) is 0 Å². The number of hydrogen-bond acceptors (Lipinski definition) is 2. The molecule has 1 amide bonds. The summed E-state index contributed by atoms with van der Waals surface area (Å²) in [6.45, 7) is 3.19. The number of halogens is 1. The van der Waals surface area contributed by atoms with Gasteiger partial charge >= 0.3 is 0 Å². The van der Waals surface area contributed by atoms with Gasteiger partial charge in [-0.1, -0.05) is 6.42 Å². The molecule has 2 fully saturated rings. The lowest BCUT2D eigenvalue weighted by molar-refractivity contribution is -0.127. The fourth-order valence-corrected chi connectivity index (χ4v) is 2.38. The third-order valence-corrected chi connectivity index (χ3v) is 3.73. The average molecular weight is 247 g/mol. The molecule has 1 saturated heterocycles. The van der Waals surface area contributed by atoms with E-state index in [0.29, 0.717) is 11.8 Å². The Balaban J connectivity index is 0.00000128. The zero-order chi connectivity index (χ0) is 10.5. The van der Waals surface area contributed by atoms with Gasteiger partial charge in [-0.05, 0) is 51.1 Å². The van der Waals surface area contributed by atoms with Crippen LogP contribution >= 0.6 is 12.4 Å². The summed E-state index contributed by atoms with van der Waals surface area (Å²) in [5, 5.41) is 6.47. The zero-order valence-electron chi connectivity index (χ0n) is 9.84. The number of piperidine rings is 1. The highest BCUT2D eigenvalue weighted by molar-refractivity contribution is 5.85. The predicted octanol–water partition coefficient (Wildman–Crippen LogP) is 1.71. The summed E-state index contributed by atoms with van der Waals surface area (Å²) in [6.07, 6.45) is 7.22. The van der Waals surface area contributed by atoms with E-state index in [1.807, 2.05) is 0 Å². The zero-order valence-corrected chi connectivity index (χ0v) is 10.7. The highest BCUT2D eigenvalue weighted by Gasteiger charge is 2.24. The molecule has 1 aliphatic carbocycles. The van der Waals surface area contributed by atoms with Crippen molar-refractivity contribution in [1.29, 1.82) is 0 Å². The fourth-order valence-electron chi connectivity index (χ4n) is 2.38. The summed E-state index contributed by atoms with van der Waals surface area (Å²) < 4.78 is 0. The minimum atomic E-state index is 0. The van der Waals surface area contributed by atoms with Crippen LogP contribution in [0.3, 0.4) is 0 Å². The number of nitrogens with one attached hydrogen (secondary N) is 2. The van der Waals surface area contributed by atoms with Gasteiger partial charge in [0, 0.05) is 12.5 Å². The maximum atomic E-state index is 11.5. The van der Waals surface area contributed by atoms with Crippen LogP contribution in [-0.4, -0.2) is 25.5 Å². The lowest BCUT2D eigenvalue weighted by Crippen LogP contribution is -2.37. The van der Waals surface area contributed by atoms with E-state index in [-0.39, 0.29) is 12.4 Å². The lowest BCUT2D eigenvalue weighted by atomic mass is 9.85. The molecule has 1 unspecified atom stereocenters. The number of carbonyl (C=O) groups is 1. The van der Waals surface area contributed by atoms with E-state index >= 15 is 0 Å². The second-order valence-corrected chi connectivity index (χ2v) is 4.92. The molecule has 94 valence electrons. The molecular formula is C12H23ClN2O. The molecule has 2 rings (SSSR count). The molecule has 0 bridgehead atoms. The van der Waals surface area contributed by atoms with Crippen LogP contribution in [0.15, 0.2) is 0 Å². The van der Waals surface area contributed by atoms with Crippen molar-refractivity contribution in [3.05, 3.63) is 0 Å². The molecule has 0 aromatic carbocycles. The van der Waals surface area contributed by atoms with Gasteiger partial charge in [0.25, 0.3) is 0 Å². The molecule has 3 nitrogen and oxygen atoms in total. The van der Waals surface area contributed by atoms with Gasteiger partial charge < -0.3 is 10.6 Å².